The number of rotatable bonds is 4. The molecule has 2 aromatic carbocycles. The van der Waals surface area contributed by atoms with Gasteiger partial charge >= 0.3 is 0 Å². The molecule has 190 valence electrons. The Morgan fingerprint density at radius 2 is 1.89 bits per heavy atom. The minimum atomic E-state index is -0.142. The number of carbonyl (C=O) groups excluding carboxylic acids is 1. The van der Waals surface area contributed by atoms with Crippen LogP contribution in [0, 0.1) is 11.8 Å². The van der Waals surface area contributed by atoms with Gasteiger partial charge in [0, 0.05) is 23.7 Å². The van der Waals surface area contributed by atoms with Crippen LogP contribution in [0.5, 0.6) is 5.75 Å². The number of quaternary nitrogens is 1. The van der Waals surface area contributed by atoms with Gasteiger partial charge in [0.15, 0.2) is 0 Å². The van der Waals surface area contributed by atoms with Crippen molar-refractivity contribution in [3.63, 3.8) is 0 Å². The van der Waals surface area contributed by atoms with Gasteiger partial charge in [0.2, 0.25) is 5.91 Å². The first-order chi connectivity index (χ1) is 17.7. The fourth-order valence-electron chi connectivity index (χ4n) is 7.99. The van der Waals surface area contributed by atoms with E-state index in [9.17, 15) is 4.79 Å². The number of para-hydroxylation sites is 1. The predicted molar refractivity (Wildman–Crippen MR) is 144 cm³/mol. The van der Waals surface area contributed by atoms with Gasteiger partial charge in [-0.25, -0.2) is 0 Å². The summed E-state index contributed by atoms with van der Waals surface area (Å²) in [6.45, 7) is 7.43. The van der Waals surface area contributed by atoms with E-state index in [-0.39, 0.29) is 11.3 Å². The van der Waals surface area contributed by atoms with E-state index in [2.05, 4.69) is 65.3 Å². The molecule has 2 saturated heterocycles. The first kappa shape index (κ1) is 23.8. The molecule has 6 rings (SSSR count). The van der Waals surface area contributed by atoms with Crippen molar-refractivity contribution in [2.24, 2.45) is 11.8 Å². The highest BCUT2D eigenvalue weighted by atomic mass is 16.5. The molecule has 1 aliphatic carbocycles. The molecular formula is C32H41N2O2+. The Hall–Kier alpha value is -2.59. The van der Waals surface area contributed by atoms with Crippen molar-refractivity contribution in [2.75, 3.05) is 26.2 Å². The lowest BCUT2D eigenvalue weighted by atomic mass is 9.67. The van der Waals surface area contributed by atoms with E-state index in [0.29, 0.717) is 30.4 Å². The van der Waals surface area contributed by atoms with Crippen molar-refractivity contribution in [2.45, 2.75) is 68.7 Å². The number of piperidine rings is 1. The van der Waals surface area contributed by atoms with Gasteiger partial charge in [-0.1, -0.05) is 80.4 Å². The Balaban J connectivity index is 1.32. The Kier molecular flexibility index (Phi) is 6.64. The monoisotopic (exact) mass is 485 g/mol. The first-order valence-electron chi connectivity index (χ1n) is 14.3. The zero-order chi connectivity index (χ0) is 24.5. The molecule has 0 aromatic heterocycles. The summed E-state index contributed by atoms with van der Waals surface area (Å²) in [5.41, 5.74) is 3.59. The Bertz CT molecular complexity index is 1090. The summed E-state index contributed by atoms with van der Waals surface area (Å²) >= 11 is 0. The highest BCUT2D eigenvalue weighted by Gasteiger charge is 2.56. The van der Waals surface area contributed by atoms with Crippen LogP contribution in [0.3, 0.4) is 0 Å². The van der Waals surface area contributed by atoms with Crippen LogP contribution in [0.25, 0.3) is 6.08 Å². The van der Waals surface area contributed by atoms with Gasteiger partial charge in [-0.15, -0.1) is 0 Å². The topological polar surface area (TPSA) is 46.1 Å². The first-order valence-corrected chi connectivity index (χ1v) is 14.3. The number of hydrogen-bond donors (Lipinski definition) is 1. The number of hydrogen-bond acceptors (Lipinski definition) is 2. The van der Waals surface area contributed by atoms with Gasteiger partial charge < -0.3 is 15.0 Å². The molecule has 3 aliphatic heterocycles. The number of amides is 1. The molecule has 1 spiro atoms. The summed E-state index contributed by atoms with van der Waals surface area (Å²) in [5.74, 6) is 2.58. The van der Waals surface area contributed by atoms with E-state index in [1.54, 1.807) is 0 Å². The second-order valence-corrected chi connectivity index (χ2v) is 11.6. The molecular weight excluding hydrogens is 444 g/mol. The largest absolute Gasteiger partial charge is 0.493 e. The Morgan fingerprint density at radius 1 is 1.06 bits per heavy atom. The average Bonchev–Trinajstić information content (AvgIpc) is 3.37. The van der Waals surface area contributed by atoms with Crippen molar-refractivity contribution < 1.29 is 14.8 Å². The maximum Gasteiger partial charge on any atom is 0.232 e. The number of benzene rings is 2. The number of likely N-dealkylation sites (tertiary alicyclic amines) is 1. The van der Waals surface area contributed by atoms with Gasteiger partial charge in [0.05, 0.1) is 25.1 Å². The van der Waals surface area contributed by atoms with E-state index in [1.165, 1.54) is 43.2 Å². The molecule has 3 heterocycles. The van der Waals surface area contributed by atoms with Gasteiger partial charge in [-0.05, 0) is 49.5 Å². The number of ether oxygens (including phenoxy) is 1. The zero-order valence-electron chi connectivity index (χ0n) is 21.5. The molecule has 1 amide bonds. The summed E-state index contributed by atoms with van der Waals surface area (Å²) in [4.78, 5) is 16.9. The number of nitrogens with zero attached hydrogens (tertiary/aromatic N) is 1. The van der Waals surface area contributed by atoms with Crippen LogP contribution < -0.4 is 10.1 Å². The predicted octanol–water partition coefficient (Wildman–Crippen LogP) is 4.90. The quantitative estimate of drug-likeness (QED) is 0.670. The van der Waals surface area contributed by atoms with Crippen LogP contribution in [0.4, 0.5) is 0 Å². The SMILES string of the molecule is C=Cc1cccc2c1OCC[C@]21C[NH2+]CC1C(=O)N1CC[C@@H](c2ccccc2)C[C@H]1C1CCCCC1. The van der Waals surface area contributed by atoms with E-state index in [0.717, 1.165) is 50.2 Å². The third-order valence-corrected chi connectivity index (χ3v) is 9.87. The standard InChI is InChI=1S/C32H40N2O2/c1-2-23-14-9-15-27-30(23)36-19-17-32(27)22-33-21-28(32)31(35)34-18-16-26(24-10-5-3-6-11-24)20-29(34)25-12-7-4-8-13-25/h2-3,5-6,9-11,14-15,25-26,28-29,33H,1,4,7-8,12-13,16-22H2/p+1/t26-,28?,29+,32+/m1/s1. The smallest absolute Gasteiger partial charge is 0.232 e. The maximum atomic E-state index is 14.6. The molecule has 2 N–H and O–H groups in total. The van der Waals surface area contributed by atoms with Crippen LogP contribution in [0.2, 0.25) is 0 Å². The van der Waals surface area contributed by atoms with E-state index < -0.39 is 0 Å². The van der Waals surface area contributed by atoms with Crippen LogP contribution in [0.1, 0.15) is 74.0 Å². The molecule has 3 fully saturated rings. The highest BCUT2D eigenvalue weighted by molar-refractivity contribution is 5.82. The summed E-state index contributed by atoms with van der Waals surface area (Å²) in [7, 11) is 0. The van der Waals surface area contributed by atoms with E-state index in [1.807, 2.05) is 6.08 Å². The number of fused-ring (bicyclic) bond motifs is 2. The average molecular weight is 486 g/mol. The zero-order valence-corrected chi connectivity index (χ0v) is 21.5. The van der Waals surface area contributed by atoms with E-state index >= 15 is 0 Å². The lowest BCUT2D eigenvalue weighted by Gasteiger charge is -2.47. The molecule has 4 atom stereocenters. The van der Waals surface area contributed by atoms with Crippen molar-refractivity contribution in [1.82, 2.24) is 4.90 Å². The third kappa shape index (κ3) is 4.08. The second kappa shape index (κ2) is 10.0. The van der Waals surface area contributed by atoms with Crippen molar-refractivity contribution in [1.29, 1.82) is 0 Å². The van der Waals surface area contributed by atoms with Crippen molar-refractivity contribution in [3.05, 3.63) is 71.8 Å². The molecule has 2 aromatic rings. The van der Waals surface area contributed by atoms with Gasteiger partial charge in [0.1, 0.15) is 11.7 Å². The normalized spacial score (nSPS) is 30.6. The fraction of sp³-hybridized carbons (Fsp3) is 0.531. The molecule has 0 bridgehead atoms. The van der Waals surface area contributed by atoms with Crippen molar-refractivity contribution in [3.8, 4) is 5.75 Å². The van der Waals surface area contributed by atoms with Crippen LogP contribution in [-0.4, -0.2) is 43.1 Å². The summed E-state index contributed by atoms with van der Waals surface area (Å²) in [6.07, 6.45) is 11.5. The maximum absolute atomic E-state index is 14.6. The molecule has 1 unspecified atom stereocenters. The minimum Gasteiger partial charge on any atom is -0.493 e. The second-order valence-electron chi connectivity index (χ2n) is 11.6. The third-order valence-electron chi connectivity index (χ3n) is 9.87. The lowest BCUT2D eigenvalue weighted by molar-refractivity contribution is -0.640. The van der Waals surface area contributed by atoms with Crippen LogP contribution in [-0.2, 0) is 10.2 Å². The van der Waals surface area contributed by atoms with Gasteiger partial charge in [0.25, 0.3) is 0 Å². The molecule has 4 nitrogen and oxygen atoms in total. The molecule has 36 heavy (non-hydrogen) atoms. The van der Waals surface area contributed by atoms with Crippen LogP contribution >= 0.6 is 0 Å². The Morgan fingerprint density at radius 3 is 2.69 bits per heavy atom. The fourth-order valence-corrected chi connectivity index (χ4v) is 7.99. The molecule has 0 radical (unpaired) electrons. The van der Waals surface area contributed by atoms with Gasteiger partial charge in [-0.3, -0.25) is 4.79 Å². The lowest BCUT2D eigenvalue weighted by Crippen LogP contribution is -2.82. The minimum absolute atomic E-state index is 0.0135. The molecule has 4 aliphatic rings. The van der Waals surface area contributed by atoms with Crippen molar-refractivity contribution >= 4 is 12.0 Å². The van der Waals surface area contributed by atoms with Crippen LogP contribution in [0.15, 0.2) is 55.1 Å². The van der Waals surface area contributed by atoms with E-state index in [4.69, 9.17) is 4.74 Å². The molecule has 4 heteroatoms. The highest BCUT2D eigenvalue weighted by Crippen LogP contribution is 2.48. The molecule has 1 saturated carbocycles. The van der Waals surface area contributed by atoms with Gasteiger partial charge in [-0.2, -0.15) is 0 Å². The summed E-state index contributed by atoms with van der Waals surface area (Å²) in [5, 5.41) is 2.38. The number of nitrogens with two attached hydrogens (primary N) is 1. The number of carbonyl (C=O) groups is 1. The summed E-state index contributed by atoms with van der Waals surface area (Å²) in [6, 6.07) is 17.8. The summed E-state index contributed by atoms with van der Waals surface area (Å²) < 4.78 is 6.18. The Labute approximate surface area is 216 Å².